The van der Waals surface area contributed by atoms with Gasteiger partial charge in [0.2, 0.25) is 11.7 Å². The van der Waals surface area contributed by atoms with Crippen LogP contribution in [0.5, 0.6) is 5.75 Å². The summed E-state index contributed by atoms with van der Waals surface area (Å²) in [5.41, 5.74) is 0.910. The summed E-state index contributed by atoms with van der Waals surface area (Å²) in [6.07, 6.45) is 2.49. The Kier molecular flexibility index (Phi) is 3.46. The van der Waals surface area contributed by atoms with Gasteiger partial charge in [-0.2, -0.15) is 4.98 Å². The van der Waals surface area contributed by atoms with Crippen molar-refractivity contribution in [1.82, 2.24) is 15.5 Å². The maximum atomic E-state index is 5.46. The van der Waals surface area contributed by atoms with Gasteiger partial charge in [0.25, 0.3) is 0 Å². The number of ether oxygens (including phenoxy) is 1. The standard InChI is InChI=1S/C14H17N3O2/c1-2-18-12-5-3-4-10(8-12)14-16-13(19-17-14)9-15-11-6-7-11/h3-5,8,11,15H,2,6-7,9H2,1H3. The van der Waals surface area contributed by atoms with Crippen LogP contribution in [-0.2, 0) is 6.54 Å². The summed E-state index contributed by atoms with van der Waals surface area (Å²) in [4.78, 5) is 4.39. The van der Waals surface area contributed by atoms with E-state index < -0.39 is 0 Å². The molecule has 0 atom stereocenters. The van der Waals surface area contributed by atoms with Crippen molar-refractivity contribution in [3.8, 4) is 17.1 Å². The van der Waals surface area contributed by atoms with Crippen molar-refractivity contribution < 1.29 is 9.26 Å². The molecule has 0 radical (unpaired) electrons. The second-order valence-electron chi connectivity index (χ2n) is 4.63. The van der Waals surface area contributed by atoms with E-state index in [1.807, 2.05) is 31.2 Å². The van der Waals surface area contributed by atoms with Crippen LogP contribution in [-0.4, -0.2) is 22.8 Å². The van der Waals surface area contributed by atoms with E-state index in [1.165, 1.54) is 12.8 Å². The van der Waals surface area contributed by atoms with Crippen LogP contribution in [0.3, 0.4) is 0 Å². The van der Waals surface area contributed by atoms with Crippen molar-refractivity contribution in [1.29, 1.82) is 0 Å². The Morgan fingerprint density at radius 1 is 1.42 bits per heavy atom. The molecular formula is C14H17N3O2. The van der Waals surface area contributed by atoms with E-state index in [2.05, 4.69) is 15.5 Å². The lowest BCUT2D eigenvalue weighted by Gasteiger charge is -2.02. The normalized spacial score (nSPS) is 14.6. The Morgan fingerprint density at radius 3 is 3.11 bits per heavy atom. The molecule has 0 amide bonds. The molecule has 1 heterocycles. The van der Waals surface area contributed by atoms with Crippen molar-refractivity contribution in [2.75, 3.05) is 6.61 Å². The Labute approximate surface area is 112 Å². The predicted octanol–water partition coefficient (Wildman–Crippen LogP) is 2.39. The van der Waals surface area contributed by atoms with Gasteiger partial charge in [-0.1, -0.05) is 17.3 Å². The molecule has 1 aliphatic rings. The highest BCUT2D eigenvalue weighted by Gasteiger charge is 2.21. The van der Waals surface area contributed by atoms with Gasteiger partial charge in [0, 0.05) is 11.6 Å². The van der Waals surface area contributed by atoms with Gasteiger partial charge in [-0.25, -0.2) is 0 Å². The minimum Gasteiger partial charge on any atom is -0.494 e. The molecule has 1 fully saturated rings. The monoisotopic (exact) mass is 259 g/mol. The highest BCUT2D eigenvalue weighted by atomic mass is 16.5. The second-order valence-corrected chi connectivity index (χ2v) is 4.63. The molecular weight excluding hydrogens is 242 g/mol. The number of aromatic nitrogens is 2. The van der Waals surface area contributed by atoms with E-state index in [0.29, 0.717) is 30.9 Å². The van der Waals surface area contributed by atoms with E-state index in [-0.39, 0.29) is 0 Å². The summed E-state index contributed by atoms with van der Waals surface area (Å²) < 4.78 is 10.7. The smallest absolute Gasteiger partial charge is 0.240 e. The van der Waals surface area contributed by atoms with Crippen LogP contribution >= 0.6 is 0 Å². The Hall–Kier alpha value is -1.88. The lowest BCUT2D eigenvalue weighted by molar-refractivity contribution is 0.340. The van der Waals surface area contributed by atoms with Gasteiger partial charge < -0.3 is 14.6 Å². The Morgan fingerprint density at radius 2 is 2.32 bits per heavy atom. The van der Waals surface area contributed by atoms with Crippen LogP contribution in [0.25, 0.3) is 11.4 Å². The summed E-state index contributed by atoms with van der Waals surface area (Å²) >= 11 is 0. The maximum absolute atomic E-state index is 5.46. The molecule has 1 N–H and O–H groups in total. The van der Waals surface area contributed by atoms with Gasteiger partial charge in [-0.3, -0.25) is 0 Å². The van der Waals surface area contributed by atoms with Crippen molar-refractivity contribution in [2.24, 2.45) is 0 Å². The van der Waals surface area contributed by atoms with E-state index in [1.54, 1.807) is 0 Å². The van der Waals surface area contributed by atoms with Crippen LogP contribution in [0.4, 0.5) is 0 Å². The average molecular weight is 259 g/mol. The van der Waals surface area contributed by atoms with E-state index >= 15 is 0 Å². The molecule has 1 aromatic heterocycles. The summed E-state index contributed by atoms with van der Waals surface area (Å²) in [6, 6.07) is 8.36. The first kappa shape index (κ1) is 12.2. The van der Waals surface area contributed by atoms with Crippen LogP contribution < -0.4 is 10.1 Å². The summed E-state index contributed by atoms with van der Waals surface area (Å²) in [5, 5.41) is 7.35. The number of benzene rings is 1. The zero-order valence-electron chi connectivity index (χ0n) is 10.9. The Bertz CT molecular complexity index is 549. The molecule has 0 saturated heterocycles. The zero-order chi connectivity index (χ0) is 13.1. The molecule has 3 rings (SSSR count). The molecule has 1 saturated carbocycles. The quantitative estimate of drug-likeness (QED) is 0.863. The van der Waals surface area contributed by atoms with Gasteiger partial charge in [0.1, 0.15) is 5.75 Å². The third-order valence-corrected chi connectivity index (χ3v) is 2.99. The Balaban J connectivity index is 1.71. The van der Waals surface area contributed by atoms with Crippen LogP contribution in [0.1, 0.15) is 25.7 Å². The lowest BCUT2D eigenvalue weighted by Crippen LogP contribution is -2.15. The fourth-order valence-electron chi connectivity index (χ4n) is 1.85. The molecule has 0 spiro atoms. The SMILES string of the molecule is CCOc1cccc(-c2noc(CNC3CC3)n2)c1. The molecule has 19 heavy (non-hydrogen) atoms. The van der Waals surface area contributed by atoms with Gasteiger partial charge in [0.15, 0.2) is 0 Å². The summed E-state index contributed by atoms with van der Waals surface area (Å²) in [7, 11) is 0. The molecule has 5 nitrogen and oxygen atoms in total. The first-order valence-electron chi connectivity index (χ1n) is 6.64. The average Bonchev–Trinajstić information content (AvgIpc) is 3.14. The fraction of sp³-hybridized carbons (Fsp3) is 0.429. The number of nitrogens with one attached hydrogen (secondary N) is 1. The molecule has 0 aliphatic heterocycles. The lowest BCUT2D eigenvalue weighted by atomic mass is 10.2. The van der Waals surface area contributed by atoms with E-state index in [4.69, 9.17) is 9.26 Å². The molecule has 5 heteroatoms. The van der Waals surface area contributed by atoms with Gasteiger partial charge in [0.05, 0.1) is 13.2 Å². The van der Waals surface area contributed by atoms with Crippen molar-refractivity contribution in [2.45, 2.75) is 32.4 Å². The highest BCUT2D eigenvalue weighted by Crippen LogP contribution is 2.22. The van der Waals surface area contributed by atoms with Crippen LogP contribution in [0.15, 0.2) is 28.8 Å². The number of hydrogen-bond donors (Lipinski definition) is 1. The maximum Gasteiger partial charge on any atom is 0.240 e. The molecule has 2 aromatic rings. The second kappa shape index (κ2) is 5.40. The van der Waals surface area contributed by atoms with E-state index in [0.717, 1.165) is 11.3 Å². The largest absolute Gasteiger partial charge is 0.494 e. The van der Waals surface area contributed by atoms with Crippen LogP contribution in [0.2, 0.25) is 0 Å². The number of hydrogen-bond acceptors (Lipinski definition) is 5. The zero-order valence-corrected chi connectivity index (χ0v) is 10.9. The van der Waals surface area contributed by atoms with Crippen molar-refractivity contribution in [3.05, 3.63) is 30.2 Å². The first-order chi connectivity index (χ1) is 9.35. The number of nitrogens with zero attached hydrogens (tertiary/aromatic N) is 2. The molecule has 0 unspecified atom stereocenters. The van der Waals surface area contributed by atoms with Gasteiger partial charge in [-0.15, -0.1) is 0 Å². The number of rotatable bonds is 6. The third-order valence-electron chi connectivity index (χ3n) is 2.99. The minimum atomic E-state index is 0.606. The molecule has 1 aromatic carbocycles. The van der Waals surface area contributed by atoms with Crippen molar-refractivity contribution >= 4 is 0 Å². The fourth-order valence-corrected chi connectivity index (χ4v) is 1.85. The topological polar surface area (TPSA) is 60.2 Å². The minimum absolute atomic E-state index is 0.606. The molecule has 100 valence electrons. The van der Waals surface area contributed by atoms with Gasteiger partial charge in [-0.05, 0) is 31.9 Å². The first-order valence-corrected chi connectivity index (χ1v) is 6.64. The predicted molar refractivity (Wildman–Crippen MR) is 70.8 cm³/mol. The van der Waals surface area contributed by atoms with Crippen LogP contribution in [0, 0.1) is 0 Å². The third kappa shape index (κ3) is 3.12. The molecule has 1 aliphatic carbocycles. The summed E-state index contributed by atoms with van der Waals surface area (Å²) in [5.74, 6) is 2.06. The van der Waals surface area contributed by atoms with E-state index in [9.17, 15) is 0 Å². The molecule has 0 bridgehead atoms. The van der Waals surface area contributed by atoms with Gasteiger partial charge >= 0.3 is 0 Å². The summed E-state index contributed by atoms with van der Waals surface area (Å²) in [6.45, 7) is 3.25. The van der Waals surface area contributed by atoms with Crippen molar-refractivity contribution in [3.63, 3.8) is 0 Å². The highest BCUT2D eigenvalue weighted by molar-refractivity contribution is 5.56.